The highest BCUT2D eigenvalue weighted by Gasteiger charge is 2.34. The predicted molar refractivity (Wildman–Crippen MR) is 141 cm³/mol. The summed E-state index contributed by atoms with van der Waals surface area (Å²) in [6.07, 6.45) is 3.22. The summed E-state index contributed by atoms with van der Waals surface area (Å²) < 4.78 is 14.7. The molecule has 5 rings (SSSR count). The number of carbonyl (C=O) groups is 2. The summed E-state index contributed by atoms with van der Waals surface area (Å²) in [5.41, 5.74) is 2.16. The molecule has 0 spiro atoms. The number of Topliss-reactive ketones (excluding diaryl/α,β-unsaturated/α-hetero) is 1. The molecule has 9 heteroatoms. The maximum atomic E-state index is 14.7. The van der Waals surface area contributed by atoms with Crippen molar-refractivity contribution < 1.29 is 14.0 Å². The number of amidine groups is 1. The number of para-hydroxylation sites is 2. The van der Waals surface area contributed by atoms with Crippen LogP contribution in [0.1, 0.15) is 15.9 Å². The summed E-state index contributed by atoms with van der Waals surface area (Å²) in [6.45, 7) is 0. The second-order valence-corrected chi connectivity index (χ2v) is 9.41. The van der Waals surface area contributed by atoms with Crippen molar-refractivity contribution in [3.8, 4) is 0 Å². The number of nitrogens with zero attached hydrogens (tertiary/aromatic N) is 2. The van der Waals surface area contributed by atoms with Crippen molar-refractivity contribution in [2.75, 3.05) is 10.7 Å². The Balaban J connectivity index is 1.47. The lowest BCUT2D eigenvalue weighted by atomic mass is 10.1. The summed E-state index contributed by atoms with van der Waals surface area (Å²) in [4.78, 5) is 35.0. The van der Waals surface area contributed by atoms with Crippen molar-refractivity contribution in [2.24, 2.45) is 4.99 Å². The molecule has 0 aliphatic carbocycles. The van der Waals surface area contributed by atoms with Gasteiger partial charge in [0.15, 0.2) is 11.0 Å². The summed E-state index contributed by atoms with van der Waals surface area (Å²) in [5, 5.41) is 1.74. The number of aromatic nitrogens is 1. The minimum absolute atomic E-state index is 0.0129. The minimum Gasteiger partial charge on any atom is -0.360 e. The smallest absolute Gasteiger partial charge is 0.283 e. The van der Waals surface area contributed by atoms with Crippen LogP contribution in [0, 0.1) is 5.82 Å². The number of halogens is 3. The third-order valence-electron chi connectivity index (χ3n) is 5.39. The number of ketones is 1. The number of aromatic amines is 1. The second-order valence-electron chi connectivity index (χ2n) is 7.65. The molecule has 2 heterocycles. The van der Waals surface area contributed by atoms with Crippen molar-refractivity contribution in [3.05, 3.63) is 106 Å². The van der Waals surface area contributed by atoms with Crippen LogP contribution in [0.3, 0.4) is 0 Å². The van der Waals surface area contributed by atoms with E-state index in [0.29, 0.717) is 21.2 Å². The summed E-state index contributed by atoms with van der Waals surface area (Å²) >= 11 is 13.2. The number of aliphatic imine (C=N–C) groups is 1. The molecule has 0 fully saturated rings. The van der Waals surface area contributed by atoms with Crippen molar-refractivity contribution in [1.29, 1.82) is 0 Å². The van der Waals surface area contributed by atoms with Crippen molar-refractivity contribution >= 4 is 74.5 Å². The van der Waals surface area contributed by atoms with E-state index in [2.05, 4.69) is 9.98 Å². The molecule has 1 aromatic heterocycles. The van der Waals surface area contributed by atoms with E-state index >= 15 is 0 Å². The molecule has 1 aliphatic heterocycles. The number of thioether (sulfide) groups is 1. The van der Waals surface area contributed by atoms with Gasteiger partial charge in [0.25, 0.3) is 5.91 Å². The number of hydrogen-bond donors (Lipinski definition) is 1. The third kappa shape index (κ3) is 4.62. The highest BCUT2D eigenvalue weighted by molar-refractivity contribution is 8.14. The zero-order valence-corrected chi connectivity index (χ0v) is 20.3. The van der Waals surface area contributed by atoms with Crippen molar-refractivity contribution in [1.82, 2.24) is 4.98 Å². The highest BCUT2D eigenvalue weighted by Crippen LogP contribution is 2.32. The Morgan fingerprint density at radius 1 is 1.06 bits per heavy atom. The maximum absolute atomic E-state index is 14.7. The topological polar surface area (TPSA) is 65.5 Å². The summed E-state index contributed by atoms with van der Waals surface area (Å²) in [5.74, 6) is -1.21. The lowest BCUT2D eigenvalue weighted by Gasteiger charge is -2.18. The first-order valence-electron chi connectivity index (χ1n) is 10.5. The van der Waals surface area contributed by atoms with E-state index in [1.807, 2.05) is 24.3 Å². The Kier molecular flexibility index (Phi) is 6.47. The van der Waals surface area contributed by atoms with Gasteiger partial charge in [-0.15, -0.1) is 0 Å². The minimum atomic E-state index is -0.576. The first kappa shape index (κ1) is 23.4. The van der Waals surface area contributed by atoms with Crippen LogP contribution < -0.4 is 4.90 Å². The molecule has 0 saturated carbocycles. The van der Waals surface area contributed by atoms with Crippen LogP contribution in [0.25, 0.3) is 17.0 Å². The number of H-pyrrole nitrogens is 1. The van der Waals surface area contributed by atoms with Crippen LogP contribution in [-0.2, 0) is 4.79 Å². The van der Waals surface area contributed by atoms with E-state index in [9.17, 15) is 14.0 Å². The number of nitrogens with one attached hydrogen (secondary N) is 1. The normalized spacial score (nSPS) is 14.7. The van der Waals surface area contributed by atoms with E-state index in [0.717, 1.165) is 22.7 Å². The van der Waals surface area contributed by atoms with E-state index in [4.69, 9.17) is 23.2 Å². The van der Waals surface area contributed by atoms with Crippen LogP contribution in [0.15, 0.2) is 83.6 Å². The molecule has 0 atom stereocenters. The number of rotatable bonds is 5. The fourth-order valence-electron chi connectivity index (χ4n) is 3.71. The quantitative estimate of drug-likeness (QED) is 0.227. The van der Waals surface area contributed by atoms with Crippen molar-refractivity contribution in [3.63, 3.8) is 0 Å². The number of hydrogen-bond acceptors (Lipinski definition) is 4. The molecule has 5 nitrogen and oxygen atoms in total. The van der Waals surface area contributed by atoms with Crippen LogP contribution >= 0.6 is 35.0 Å². The van der Waals surface area contributed by atoms with E-state index in [1.165, 1.54) is 23.1 Å². The molecular weight excluding hydrogens is 508 g/mol. The van der Waals surface area contributed by atoms with Gasteiger partial charge >= 0.3 is 0 Å². The summed E-state index contributed by atoms with van der Waals surface area (Å²) in [7, 11) is 0. The molecule has 0 saturated heterocycles. The van der Waals surface area contributed by atoms with E-state index < -0.39 is 11.7 Å². The number of amides is 1. The molecule has 174 valence electrons. The van der Waals surface area contributed by atoms with Gasteiger partial charge in [-0.1, -0.05) is 71.4 Å². The predicted octanol–water partition coefficient (Wildman–Crippen LogP) is 6.97. The lowest BCUT2D eigenvalue weighted by molar-refractivity contribution is -0.113. The molecule has 1 N–H and O–H groups in total. The van der Waals surface area contributed by atoms with Crippen molar-refractivity contribution in [2.45, 2.75) is 0 Å². The lowest BCUT2D eigenvalue weighted by Crippen LogP contribution is -2.31. The molecule has 3 aromatic carbocycles. The number of carbonyl (C=O) groups excluding carboxylic acids is 2. The average Bonchev–Trinajstić information content (AvgIpc) is 3.42. The Labute approximate surface area is 214 Å². The first-order chi connectivity index (χ1) is 16.9. The molecular formula is C26H16Cl2FN3O2S. The van der Waals surface area contributed by atoms with Gasteiger partial charge < -0.3 is 4.98 Å². The van der Waals surface area contributed by atoms with Crippen LogP contribution in [0.2, 0.25) is 10.0 Å². The highest BCUT2D eigenvalue weighted by atomic mass is 35.5. The number of benzene rings is 3. The Morgan fingerprint density at radius 2 is 1.83 bits per heavy atom. The van der Waals surface area contributed by atoms with Gasteiger partial charge in [0.05, 0.1) is 21.5 Å². The van der Waals surface area contributed by atoms with Crippen LogP contribution in [0.4, 0.5) is 10.1 Å². The molecule has 35 heavy (non-hydrogen) atoms. The average molecular weight is 524 g/mol. The van der Waals surface area contributed by atoms with Crippen LogP contribution in [0.5, 0.6) is 0 Å². The largest absolute Gasteiger partial charge is 0.360 e. The second kappa shape index (κ2) is 9.70. The van der Waals surface area contributed by atoms with E-state index in [1.54, 1.807) is 36.5 Å². The van der Waals surface area contributed by atoms with Gasteiger partial charge in [-0.05, 0) is 42.0 Å². The zero-order valence-electron chi connectivity index (χ0n) is 18.0. The molecule has 1 amide bonds. The van der Waals surface area contributed by atoms with E-state index in [-0.39, 0.29) is 28.1 Å². The fraction of sp³-hybridized carbons (Fsp3) is 0.0385. The number of anilines is 1. The molecule has 0 unspecified atom stereocenters. The SMILES string of the molecule is O=C(CSC1=N/C(=C\c2ccc(Cl)c(Cl)c2)C(=O)N1c1ccccc1F)c1c[nH]c2ccccc12. The molecule has 4 aromatic rings. The van der Waals surface area contributed by atoms with Gasteiger partial charge in [-0.2, -0.15) is 0 Å². The Bertz CT molecular complexity index is 1550. The van der Waals surface area contributed by atoms with Gasteiger partial charge in [0, 0.05) is 22.7 Å². The summed E-state index contributed by atoms with van der Waals surface area (Å²) in [6, 6.07) is 18.3. The zero-order chi connectivity index (χ0) is 24.5. The number of fused-ring (bicyclic) bond motifs is 1. The Morgan fingerprint density at radius 3 is 2.63 bits per heavy atom. The van der Waals surface area contributed by atoms with Gasteiger partial charge in [0.2, 0.25) is 0 Å². The van der Waals surface area contributed by atoms with Gasteiger partial charge in [-0.3, -0.25) is 14.5 Å². The Hall–Kier alpha value is -3.39. The standard InChI is InChI=1S/C26H16Cl2FN3O2S/c27-18-10-9-15(11-19(18)28)12-22-25(34)32(23-8-4-2-6-20(23)29)26(31-22)35-14-24(33)17-13-30-21-7-3-1-5-16(17)21/h1-13,30H,14H2/b22-12-. The fourth-order valence-corrected chi connectivity index (χ4v) is 4.90. The molecule has 0 bridgehead atoms. The van der Waals surface area contributed by atoms with Gasteiger partial charge in [0.1, 0.15) is 11.5 Å². The molecule has 1 aliphatic rings. The first-order valence-corrected chi connectivity index (χ1v) is 12.2. The third-order valence-corrected chi connectivity index (χ3v) is 7.07. The van der Waals surface area contributed by atoms with Gasteiger partial charge in [-0.25, -0.2) is 9.38 Å². The maximum Gasteiger partial charge on any atom is 0.283 e. The molecule has 0 radical (unpaired) electrons. The monoisotopic (exact) mass is 523 g/mol. The van der Waals surface area contributed by atoms with Crippen LogP contribution in [-0.4, -0.2) is 27.6 Å².